The molecule has 11 rings (SSSR count). The van der Waals surface area contributed by atoms with Gasteiger partial charge in [-0.2, -0.15) is 0 Å². The smallest absolute Gasteiger partial charge is 0.128 e. The predicted molar refractivity (Wildman–Crippen MR) is 245 cm³/mol. The molecule has 0 saturated heterocycles. The Kier molecular flexibility index (Phi) is 8.19. The molecule has 0 bridgehead atoms. The number of aromatic hydroxyl groups is 1. The number of ether oxygens (including phenoxy) is 1. The number of hydrogen-bond donors (Lipinski definition) is 1. The van der Waals surface area contributed by atoms with Crippen LogP contribution >= 0.6 is 0 Å². The molecular formula is C54H35BN2O2. The fourth-order valence-electron chi connectivity index (χ4n) is 8.79. The molecule has 0 aliphatic carbocycles. The first-order valence-electron chi connectivity index (χ1n) is 19.8. The monoisotopic (exact) mass is 754 g/mol. The molecule has 59 heavy (non-hydrogen) atoms. The summed E-state index contributed by atoms with van der Waals surface area (Å²) in [5.74, 6) is 1.33. The van der Waals surface area contributed by atoms with Crippen LogP contribution in [0.2, 0.25) is 0 Å². The van der Waals surface area contributed by atoms with Crippen molar-refractivity contribution in [3.05, 3.63) is 206 Å². The van der Waals surface area contributed by atoms with Crippen molar-refractivity contribution in [3.8, 4) is 62.0 Å². The van der Waals surface area contributed by atoms with E-state index in [1.54, 1.807) is 6.07 Å². The van der Waals surface area contributed by atoms with Gasteiger partial charge in [0.1, 0.15) is 25.1 Å². The fraction of sp³-hybridized carbons (Fsp3) is 0. The summed E-state index contributed by atoms with van der Waals surface area (Å²) in [5.41, 5.74) is 12.6. The quantitative estimate of drug-likeness (QED) is 0.165. The van der Waals surface area contributed by atoms with Crippen LogP contribution < -0.4 is 10.2 Å². The van der Waals surface area contributed by atoms with Crippen LogP contribution in [0.15, 0.2) is 206 Å². The SMILES string of the molecule is [B]c1ccccc1Oc1cc(-c2cc(-c3ccccc3-n3c4ccccc4c4ccccc43)ccc2O)cc(-c2ccccc2-n2c3ccccc3c3ccccc32)c1. The number of fused-ring (bicyclic) bond motifs is 6. The van der Waals surface area contributed by atoms with Crippen LogP contribution in [0.5, 0.6) is 17.2 Å². The third-order valence-electron chi connectivity index (χ3n) is 11.4. The number of phenolic OH excluding ortho intramolecular Hbond substituents is 1. The highest BCUT2D eigenvalue weighted by molar-refractivity contribution is 6.34. The van der Waals surface area contributed by atoms with Gasteiger partial charge < -0.3 is 19.0 Å². The molecule has 0 saturated carbocycles. The molecule has 0 amide bonds. The molecule has 1 N–H and O–H groups in total. The summed E-state index contributed by atoms with van der Waals surface area (Å²) in [7, 11) is 6.42. The highest BCUT2D eigenvalue weighted by Crippen LogP contribution is 2.43. The van der Waals surface area contributed by atoms with E-state index in [1.807, 2.05) is 36.4 Å². The molecule has 4 nitrogen and oxygen atoms in total. The highest BCUT2D eigenvalue weighted by atomic mass is 16.5. The molecule has 2 heterocycles. The number of benzene rings is 9. The van der Waals surface area contributed by atoms with E-state index in [-0.39, 0.29) is 5.75 Å². The van der Waals surface area contributed by atoms with Crippen LogP contribution in [-0.2, 0) is 0 Å². The van der Waals surface area contributed by atoms with Gasteiger partial charge in [-0.1, -0.05) is 139 Å². The molecule has 9 aromatic carbocycles. The van der Waals surface area contributed by atoms with Gasteiger partial charge >= 0.3 is 0 Å². The van der Waals surface area contributed by atoms with Gasteiger partial charge in [0, 0.05) is 38.2 Å². The maximum absolute atomic E-state index is 11.7. The lowest BCUT2D eigenvalue weighted by Gasteiger charge is -2.18. The highest BCUT2D eigenvalue weighted by Gasteiger charge is 2.20. The zero-order chi connectivity index (χ0) is 39.5. The largest absolute Gasteiger partial charge is 0.507 e. The minimum Gasteiger partial charge on any atom is -0.507 e. The number of nitrogens with zero attached hydrogens (tertiary/aromatic N) is 2. The second kappa shape index (κ2) is 14.0. The second-order valence-electron chi connectivity index (χ2n) is 14.9. The van der Waals surface area contributed by atoms with E-state index in [1.165, 1.54) is 21.5 Å². The molecule has 2 aromatic heterocycles. The van der Waals surface area contributed by atoms with Gasteiger partial charge in [-0.25, -0.2) is 0 Å². The van der Waals surface area contributed by atoms with Gasteiger partial charge in [0.2, 0.25) is 0 Å². The number of aromatic nitrogens is 2. The van der Waals surface area contributed by atoms with Crippen LogP contribution in [0.25, 0.3) is 88.4 Å². The average Bonchev–Trinajstić information content (AvgIpc) is 3.80. The van der Waals surface area contributed by atoms with Gasteiger partial charge in [-0.3, -0.25) is 0 Å². The Balaban J connectivity index is 1.11. The lowest BCUT2D eigenvalue weighted by atomic mass is 9.93. The summed E-state index contributed by atoms with van der Waals surface area (Å²) >= 11 is 0. The molecule has 0 aliphatic heterocycles. The van der Waals surface area contributed by atoms with Crippen molar-refractivity contribution in [1.82, 2.24) is 9.13 Å². The van der Waals surface area contributed by atoms with E-state index < -0.39 is 0 Å². The molecular weight excluding hydrogens is 719 g/mol. The van der Waals surface area contributed by atoms with Crippen LogP contribution in [0.4, 0.5) is 0 Å². The van der Waals surface area contributed by atoms with Gasteiger partial charge in [0.05, 0.1) is 33.4 Å². The molecule has 2 radical (unpaired) electrons. The Labute approximate surface area is 342 Å². The van der Waals surface area contributed by atoms with Crippen molar-refractivity contribution in [2.24, 2.45) is 0 Å². The number of phenols is 1. The van der Waals surface area contributed by atoms with Gasteiger partial charge in [0.15, 0.2) is 0 Å². The standard InChI is InChI=1S/C54H35BN2O2/c55-46-21-7-14-28-54(46)59-38-32-36(40-16-2-9-23-48(40)57-51-26-12-5-19-43(51)44-20-6-13-27-52(44)57)31-37(33-38)45-34-35(29-30-53(45)58)39-15-1-8-22-47(39)56-49-24-10-3-17-41(49)42-18-4-11-25-50(42)56/h1-34,58H. The van der Waals surface area contributed by atoms with E-state index in [9.17, 15) is 5.11 Å². The molecule has 276 valence electrons. The Morgan fingerprint density at radius 3 is 1.32 bits per heavy atom. The maximum Gasteiger partial charge on any atom is 0.128 e. The number of rotatable bonds is 7. The number of hydrogen-bond acceptors (Lipinski definition) is 2. The predicted octanol–water partition coefficient (Wildman–Crippen LogP) is 13.2. The zero-order valence-corrected chi connectivity index (χ0v) is 32.0. The first kappa shape index (κ1) is 34.5. The van der Waals surface area contributed by atoms with Crippen LogP contribution in [-0.4, -0.2) is 22.1 Å². The van der Waals surface area contributed by atoms with Gasteiger partial charge in [0.25, 0.3) is 0 Å². The lowest BCUT2D eigenvalue weighted by Crippen LogP contribution is -2.05. The summed E-state index contributed by atoms with van der Waals surface area (Å²) in [5, 5.41) is 16.5. The molecule has 11 aromatic rings. The first-order valence-corrected chi connectivity index (χ1v) is 19.8. The minimum atomic E-state index is 0.168. The van der Waals surface area contributed by atoms with Crippen molar-refractivity contribution in [3.63, 3.8) is 0 Å². The van der Waals surface area contributed by atoms with E-state index >= 15 is 0 Å². The Hall–Kier alpha value is -7.76. The Morgan fingerprint density at radius 1 is 0.373 bits per heavy atom. The number of para-hydroxylation sites is 7. The summed E-state index contributed by atoms with van der Waals surface area (Å²) in [6.45, 7) is 0. The molecule has 0 atom stereocenters. The van der Waals surface area contributed by atoms with Crippen LogP contribution in [0.3, 0.4) is 0 Å². The van der Waals surface area contributed by atoms with Crippen molar-refractivity contribution < 1.29 is 9.84 Å². The van der Waals surface area contributed by atoms with Gasteiger partial charge in [-0.15, -0.1) is 0 Å². The van der Waals surface area contributed by atoms with E-state index in [2.05, 4.69) is 173 Å². The third kappa shape index (κ3) is 5.78. The Bertz CT molecular complexity index is 3310. The van der Waals surface area contributed by atoms with Crippen LogP contribution in [0.1, 0.15) is 0 Å². The van der Waals surface area contributed by atoms with Crippen molar-refractivity contribution in [2.45, 2.75) is 0 Å². The normalized spacial score (nSPS) is 11.5. The first-order chi connectivity index (χ1) is 29.1. The van der Waals surface area contributed by atoms with Crippen molar-refractivity contribution in [1.29, 1.82) is 0 Å². The fourth-order valence-corrected chi connectivity index (χ4v) is 8.79. The van der Waals surface area contributed by atoms with Crippen LogP contribution in [0, 0.1) is 0 Å². The average molecular weight is 755 g/mol. The summed E-state index contributed by atoms with van der Waals surface area (Å²) in [6.07, 6.45) is 0. The third-order valence-corrected chi connectivity index (χ3v) is 11.4. The molecule has 0 aliphatic rings. The molecule has 0 unspecified atom stereocenters. The molecule has 0 fully saturated rings. The molecule has 0 spiro atoms. The van der Waals surface area contributed by atoms with E-state index in [0.717, 1.165) is 61.3 Å². The molecule has 5 heteroatoms. The topological polar surface area (TPSA) is 39.3 Å². The van der Waals surface area contributed by atoms with Gasteiger partial charge in [-0.05, 0) is 89.5 Å². The van der Waals surface area contributed by atoms with Crippen molar-refractivity contribution >= 4 is 56.9 Å². The summed E-state index contributed by atoms with van der Waals surface area (Å²) < 4.78 is 11.3. The maximum atomic E-state index is 11.7. The van der Waals surface area contributed by atoms with E-state index in [4.69, 9.17) is 12.6 Å². The zero-order valence-electron chi connectivity index (χ0n) is 32.0. The lowest BCUT2D eigenvalue weighted by molar-refractivity contribution is 0.477. The van der Waals surface area contributed by atoms with Crippen molar-refractivity contribution in [2.75, 3.05) is 0 Å². The minimum absolute atomic E-state index is 0.168. The summed E-state index contributed by atoms with van der Waals surface area (Å²) in [6, 6.07) is 70.7. The van der Waals surface area contributed by atoms with E-state index in [0.29, 0.717) is 22.5 Å². The second-order valence-corrected chi connectivity index (χ2v) is 14.9. The summed E-state index contributed by atoms with van der Waals surface area (Å²) in [4.78, 5) is 0. The Morgan fingerprint density at radius 2 is 0.797 bits per heavy atom.